The molecule has 0 aliphatic heterocycles. The van der Waals surface area contributed by atoms with Crippen molar-refractivity contribution >= 4 is 23.7 Å². The zero-order valence-electron chi connectivity index (χ0n) is 17.0. The van der Waals surface area contributed by atoms with Gasteiger partial charge < -0.3 is 20.1 Å². The van der Waals surface area contributed by atoms with Gasteiger partial charge in [-0.15, -0.1) is 0 Å². The SMILES string of the molecule is CC(=O)Nc1ccc(OC(=O)[C@H](Cc2ccccc2)NC(=O)OC(C)(C)C)cc1. The van der Waals surface area contributed by atoms with Crippen molar-refractivity contribution in [3.05, 3.63) is 60.2 Å². The van der Waals surface area contributed by atoms with Crippen LogP contribution in [0.5, 0.6) is 5.75 Å². The maximum atomic E-state index is 12.7. The molecule has 0 unspecified atom stereocenters. The molecule has 0 heterocycles. The van der Waals surface area contributed by atoms with E-state index in [0.29, 0.717) is 11.4 Å². The van der Waals surface area contributed by atoms with Gasteiger partial charge in [0.1, 0.15) is 17.4 Å². The molecule has 0 saturated heterocycles. The van der Waals surface area contributed by atoms with E-state index >= 15 is 0 Å². The lowest BCUT2D eigenvalue weighted by Crippen LogP contribution is -2.46. The lowest BCUT2D eigenvalue weighted by atomic mass is 10.1. The molecule has 0 aliphatic rings. The number of alkyl carbamates (subject to hydrolysis) is 1. The quantitative estimate of drug-likeness (QED) is 0.572. The van der Waals surface area contributed by atoms with Crippen LogP contribution in [0, 0.1) is 0 Å². The van der Waals surface area contributed by atoms with Gasteiger partial charge in [-0.25, -0.2) is 9.59 Å². The molecule has 0 fully saturated rings. The molecule has 154 valence electrons. The fourth-order valence-corrected chi connectivity index (χ4v) is 2.49. The number of carbonyl (C=O) groups is 3. The van der Waals surface area contributed by atoms with E-state index in [4.69, 9.17) is 9.47 Å². The van der Waals surface area contributed by atoms with Crippen LogP contribution < -0.4 is 15.4 Å². The fraction of sp³-hybridized carbons (Fsp3) is 0.318. The molecule has 0 aliphatic carbocycles. The number of nitrogens with one attached hydrogen (secondary N) is 2. The number of rotatable bonds is 6. The van der Waals surface area contributed by atoms with Crippen LogP contribution in [0.1, 0.15) is 33.3 Å². The van der Waals surface area contributed by atoms with Gasteiger partial charge in [-0.2, -0.15) is 0 Å². The Morgan fingerprint density at radius 1 is 0.966 bits per heavy atom. The van der Waals surface area contributed by atoms with Crippen LogP contribution in [0.25, 0.3) is 0 Å². The van der Waals surface area contributed by atoms with Crippen LogP contribution in [0.15, 0.2) is 54.6 Å². The number of hydrogen-bond acceptors (Lipinski definition) is 5. The van der Waals surface area contributed by atoms with E-state index in [-0.39, 0.29) is 12.3 Å². The monoisotopic (exact) mass is 398 g/mol. The number of esters is 1. The van der Waals surface area contributed by atoms with Crippen LogP contribution >= 0.6 is 0 Å². The first kappa shape index (κ1) is 21.9. The van der Waals surface area contributed by atoms with Gasteiger partial charge in [0.25, 0.3) is 0 Å². The maximum Gasteiger partial charge on any atom is 0.408 e. The summed E-state index contributed by atoms with van der Waals surface area (Å²) in [6, 6.07) is 14.7. The van der Waals surface area contributed by atoms with Gasteiger partial charge in [0.15, 0.2) is 0 Å². The van der Waals surface area contributed by atoms with Crippen molar-refractivity contribution < 1.29 is 23.9 Å². The smallest absolute Gasteiger partial charge is 0.408 e. The first-order valence-corrected chi connectivity index (χ1v) is 9.25. The molecule has 1 atom stereocenters. The Bertz CT molecular complexity index is 842. The minimum Gasteiger partial charge on any atom is -0.444 e. The molecule has 2 aromatic carbocycles. The number of carbonyl (C=O) groups excluding carboxylic acids is 3. The lowest BCUT2D eigenvalue weighted by molar-refractivity contribution is -0.136. The van der Waals surface area contributed by atoms with Crippen molar-refractivity contribution in [2.45, 2.75) is 45.8 Å². The van der Waals surface area contributed by atoms with Gasteiger partial charge >= 0.3 is 12.1 Å². The lowest BCUT2D eigenvalue weighted by Gasteiger charge is -2.23. The van der Waals surface area contributed by atoms with Crippen molar-refractivity contribution in [1.29, 1.82) is 0 Å². The molecule has 0 saturated carbocycles. The molecule has 0 radical (unpaired) electrons. The largest absolute Gasteiger partial charge is 0.444 e. The van der Waals surface area contributed by atoms with Crippen LogP contribution in [0.3, 0.4) is 0 Å². The summed E-state index contributed by atoms with van der Waals surface area (Å²) in [4.78, 5) is 36.0. The second-order valence-corrected chi connectivity index (χ2v) is 7.52. The van der Waals surface area contributed by atoms with Gasteiger partial charge in [0.2, 0.25) is 5.91 Å². The van der Waals surface area contributed by atoms with Crippen molar-refractivity contribution in [2.24, 2.45) is 0 Å². The summed E-state index contributed by atoms with van der Waals surface area (Å²) in [7, 11) is 0. The van der Waals surface area contributed by atoms with E-state index in [1.165, 1.54) is 6.92 Å². The molecule has 2 rings (SSSR count). The van der Waals surface area contributed by atoms with Crippen LogP contribution in [0.4, 0.5) is 10.5 Å². The summed E-state index contributed by atoms with van der Waals surface area (Å²) < 4.78 is 10.7. The molecule has 2 N–H and O–H groups in total. The first-order valence-electron chi connectivity index (χ1n) is 9.25. The highest BCUT2D eigenvalue weighted by molar-refractivity contribution is 5.88. The Balaban J connectivity index is 2.10. The van der Waals surface area contributed by atoms with Crippen LogP contribution in [0.2, 0.25) is 0 Å². The molecule has 2 amide bonds. The Morgan fingerprint density at radius 2 is 1.59 bits per heavy atom. The zero-order chi connectivity index (χ0) is 21.4. The fourth-order valence-electron chi connectivity index (χ4n) is 2.49. The first-order chi connectivity index (χ1) is 13.6. The summed E-state index contributed by atoms with van der Waals surface area (Å²) >= 11 is 0. The van der Waals surface area contributed by atoms with E-state index in [1.54, 1.807) is 45.0 Å². The second-order valence-electron chi connectivity index (χ2n) is 7.52. The minimum atomic E-state index is -0.928. The Hall–Kier alpha value is -3.35. The van der Waals surface area contributed by atoms with Crippen molar-refractivity contribution in [3.63, 3.8) is 0 Å². The van der Waals surface area contributed by atoms with Crippen LogP contribution in [-0.4, -0.2) is 29.6 Å². The summed E-state index contributed by atoms with van der Waals surface area (Å²) in [6.07, 6.45) is -0.445. The predicted molar refractivity (Wildman–Crippen MR) is 110 cm³/mol. The Morgan fingerprint density at radius 3 is 2.14 bits per heavy atom. The van der Waals surface area contributed by atoms with E-state index in [1.807, 2.05) is 30.3 Å². The average Bonchev–Trinajstić information content (AvgIpc) is 2.61. The number of hydrogen-bond donors (Lipinski definition) is 2. The molecular formula is C22H26N2O5. The highest BCUT2D eigenvalue weighted by atomic mass is 16.6. The predicted octanol–water partition coefficient (Wildman–Crippen LogP) is 3.69. The molecule has 29 heavy (non-hydrogen) atoms. The molecule has 7 heteroatoms. The number of ether oxygens (including phenoxy) is 2. The van der Waals surface area contributed by atoms with E-state index in [9.17, 15) is 14.4 Å². The van der Waals surface area contributed by atoms with Crippen molar-refractivity contribution in [1.82, 2.24) is 5.32 Å². The highest BCUT2D eigenvalue weighted by Crippen LogP contribution is 2.17. The third kappa shape index (κ3) is 8.04. The summed E-state index contributed by atoms with van der Waals surface area (Å²) in [5, 5.41) is 5.22. The van der Waals surface area contributed by atoms with E-state index in [2.05, 4.69) is 10.6 Å². The molecule has 0 aromatic heterocycles. The highest BCUT2D eigenvalue weighted by Gasteiger charge is 2.26. The Kier molecular flexibility index (Phi) is 7.36. The normalized spacial score (nSPS) is 11.9. The average molecular weight is 398 g/mol. The van der Waals surface area contributed by atoms with Crippen molar-refractivity contribution in [3.8, 4) is 5.75 Å². The molecule has 0 spiro atoms. The summed E-state index contributed by atoms with van der Waals surface area (Å²) in [5.74, 6) is -0.514. The van der Waals surface area contributed by atoms with Gasteiger partial charge in [-0.05, 0) is 50.6 Å². The molecular weight excluding hydrogens is 372 g/mol. The second kappa shape index (κ2) is 9.73. The third-order valence-electron chi connectivity index (χ3n) is 3.65. The Labute approximate surface area is 170 Å². The van der Waals surface area contributed by atoms with Gasteiger partial charge in [0, 0.05) is 19.0 Å². The molecule has 7 nitrogen and oxygen atoms in total. The zero-order valence-corrected chi connectivity index (χ0v) is 17.0. The van der Waals surface area contributed by atoms with E-state index < -0.39 is 23.7 Å². The number of amides is 2. The third-order valence-corrected chi connectivity index (χ3v) is 3.65. The van der Waals surface area contributed by atoms with Gasteiger partial charge in [-0.3, -0.25) is 4.79 Å². The maximum absolute atomic E-state index is 12.7. The van der Waals surface area contributed by atoms with E-state index in [0.717, 1.165) is 5.56 Å². The molecule has 2 aromatic rings. The minimum absolute atomic E-state index is 0.195. The topological polar surface area (TPSA) is 93.7 Å². The van der Waals surface area contributed by atoms with Crippen molar-refractivity contribution in [2.75, 3.05) is 5.32 Å². The summed E-state index contributed by atoms with van der Waals surface area (Å²) in [6.45, 7) is 6.64. The standard InChI is InChI=1S/C22H26N2O5/c1-15(25)23-17-10-12-18(13-11-17)28-20(26)19(14-16-8-6-5-7-9-16)24-21(27)29-22(2,3)4/h5-13,19H,14H2,1-4H3,(H,23,25)(H,24,27)/t19-/m0/s1. The number of benzene rings is 2. The van der Waals surface area contributed by atoms with Gasteiger partial charge in [0.05, 0.1) is 0 Å². The summed E-state index contributed by atoms with van der Waals surface area (Å²) in [5.41, 5.74) is 0.765. The van der Waals surface area contributed by atoms with Crippen LogP contribution in [-0.2, 0) is 20.7 Å². The molecule has 0 bridgehead atoms. The number of anilines is 1. The van der Waals surface area contributed by atoms with Gasteiger partial charge in [-0.1, -0.05) is 30.3 Å².